The number of rotatable bonds is 3. The number of hydrogen-bond donors (Lipinski definition) is 0. The van der Waals surface area contributed by atoms with E-state index in [0.29, 0.717) is 0 Å². The third-order valence-corrected chi connectivity index (χ3v) is 4.35. The van der Waals surface area contributed by atoms with Gasteiger partial charge in [-0.25, -0.2) is 0 Å². The second-order valence-corrected chi connectivity index (χ2v) is 5.65. The number of hydrogen-bond acceptors (Lipinski definition) is 1. The molecule has 1 fully saturated rings. The summed E-state index contributed by atoms with van der Waals surface area (Å²) >= 11 is 0. The topological polar surface area (TPSA) is 12.5 Å². The molecule has 1 aliphatic carbocycles. The van der Waals surface area contributed by atoms with Crippen molar-refractivity contribution in [3.8, 4) is 0 Å². The van der Waals surface area contributed by atoms with Gasteiger partial charge < -0.3 is 4.74 Å². The normalized spacial score (nSPS) is 22.7. The molecule has 0 N–H and O–H groups in total. The summed E-state index contributed by atoms with van der Waals surface area (Å²) in [6.45, 7) is 0. The first kappa shape index (κ1) is 12.6. The number of epoxide rings is 1. The highest BCUT2D eigenvalue weighted by Crippen LogP contribution is 2.55. The molecule has 0 bridgehead atoms. The number of ether oxygens (including phenoxy) is 1. The first-order valence-corrected chi connectivity index (χ1v) is 7.57. The van der Waals surface area contributed by atoms with E-state index in [1.54, 1.807) is 0 Å². The minimum absolute atomic E-state index is 0.138. The van der Waals surface area contributed by atoms with Crippen molar-refractivity contribution in [2.24, 2.45) is 0 Å². The van der Waals surface area contributed by atoms with Gasteiger partial charge in [-0.1, -0.05) is 78.9 Å². The summed E-state index contributed by atoms with van der Waals surface area (Å²) < 4.78 is 6.30. The van der Waals surface area contributed by atoms with Crippen LogP contribution in [0.25, 0.3) is 0 Å². The third-order valence-electron chi connectivity index (χ3n) is 4.35. The number of allylic oxidation sites excluding steroid dienone is 2. The summed E-state index contributed by atoms with van der Waals surface area (Å²) in [5.74, 6) is 0. The average molecular weight is 274 g/mol. The molecule has 1 saturated heterocycles. The van der Waals surface area contributed by atoms with E-state index in [2.05, 4.69) is 78.9 Å². The predicted molar refractivity (Wildman–Crippen MR) is 85.0 cm³/mol. The molecule has 1 unspecified atom stereocenters. The van der Waals surface area contributed by atoms with Gasteiger partial charge in [0.2, 0.25) is 0 Å². The van der Waals surface area contributed by atoms with Gasteiger partial charge in [0.25, 0.3) is 0 Å². The molecule has 2 aliphatic rings. The molecule has 0 saturated carbocycles. The van der Waals surface area contributed by atoms with Gasteiger partial charge in [-0.15, -0.1) is 0 Å². The molecule has 0 radical (unpaired) electrons. The lowest BCUT2D eigenvalue weighted by molar-refractivity contribution is 0.336. The zero-order chi connectivity index (χ0) is 14.1. The summed E-state index contributed by atoms with van der Waals surface area (Å²) in [4.78, 5) is 0. The van der Waals surface area contributed by atoms with E-state index in [1.165, 1.54) is 16.7 Å². The summed E-state index contributed by atoms with van der Waals surface area (Å²) in [7, 11) is 0. The van der Waals surface area contributed by atoms with Crippen LogP contribution in [0, 0.1) is 0 Å². The molecule has 104 valence electrons. The molecule has 0 amide bonds. The van der Waals surface area contributed by atoms with Crippen LogP contribution in [-0.4, -0.2) is 6.10 Å². The maximum atomic E-state index is 6.30. The summed E-state index contributed by atoms with van der Waals surface area (Å²) in [6, 6.07) is 21.1. The van der Waals surface area contributed by atoms with Crippen molar-refractivity contribution < 1.29 is 4.74 Å². The molecule has 0 spiro atoms. The predicted octanol–water partition coefficient (Wildman–Crippen LogP) is 4.61. The van der Waals surface area contributed by atoms with Gasteiger partial charge in [-0.2, -0.15) is 0 Å². The second-order valence-electron chi connectivity index (χ2n) is 5.65. The van der Waals surface area contributed by atoms with Crippen LogP contribution in [0.15, 0.2) is 84.5 Å². The smallest absolute Gasteiger partial charge is 0.149 e. The maximum absolute atomic E-state index is 6.30. The van der Waals surface area contributed by atoms with E-state index in [9.17, 15) is 0 Å². The number of benzene rings is 2. The van der Waals surface area contributed by atoms with E-state index >= 15 is 0 Å². The van der Waals surface area contributed by atoms with Crippen LogP contribution in [0.5, 0.6) is 0 Å². The molecule has 0 aromatic heterocycles. The molecular formula is C20H18O. The Kier molecular flexibility index (Phi) is 3.01. The van der Waals surface area contributed by atoms with Crippen molar-refractivity contribution in [3.05, 3.63) is 95.6 Å². The Hall–Kier alpha value is -2.12. The molecule has 2 aromatic rings. The Balaban J connectivity index is 1.79. The first-order valence-electron chi connectivity index (χ1n) is 7.57. The standard InChI is InChI=1S/C20H18O/c1-4-10-16(11-5-1)19-20(21-19,17-12-6-2-7-13-17)18-14-8-3-9-15-18/h2-4,6-15,19H,1,5H2. The van der Waals surface area contributed by atoms with Crippen molar-refractivity contribution in [2.45, 2.75) is 24.5 Å². The second kappa shape index (κ2) is 5.01. The van der Waals surface area contributed by atoms with Gasteiger partial charge in [-0.3, -0.25) is 0 Å². The van der Waals surface area contributed by atoms with Gasteiger partial charge in [-0.05, 0) is 29.5 Å². The Morgan fingerprint density at radius 3 is 1.95 bits per heavy atom. The SMILES string of the molecule is C1=CC(C2OC2(c2ccccc2)c2ccccc2)=CCC1. The van der Waals surface area contributed by atoms with Crippen LogP contribution in [0.3, 0.4) is 0 Å². The van der Waals surface area contributed by atoms with E-state index in [-0.39, 0.29) is 11.7 Å². The molecule has 4 rings (SSSR count). The van der Waals surface area contributed by atoms with E-state index in [4.69, 9.17) is 4.74 Å². The van der Waals surface area contributed by atoms with Crippen LogP contribution in [-0.2, 0) is 10.3 Å². The first-order chi connectivity index (χ1) is 10.4. The fourth-order valence-corrected chi connectivity index (χ4v) is 3.26. The summed E-state index contributed by atoms with van der Waals surface area (Å²) in [6.07, 6.45) is 9.18. The maximum Gasteiger partial charge on any atom is 0.149 e. The Morgan fingerprint density at radius 1 is 0.810 bits per heavy atom. The molecule has 2 aromatic carbocycles. The zero-order valence-corrected chi connectivity index (χ0v) is 11.9. The lowest BCUT2D eigenvalue weighted by Gasteiger charge is -2.15. The van der Waals surface area contributed by atoms with Crippen LogP contribution in [0.2, 0.25) is 0 Å². The van der Waals surface area contributed by atoms with Gasteiger partial charge >= 0.3 is 0 Å². The molecule has 1 heteroatoms. The quantitative estimate of drug-likeness (QED) is 0.745. The highest BCUT2D eigenvalue weighted by atomic mass is 16.6. The van der Waals surface area contributed by atoms with Gasteiger partial charge in [0.05, 0.1) is 0 Å². The van der Waals surface area contributed by atoms with E-state index in [1.807, 2.05) is 0 Å². The van der Waals surface area contributed by atoms with Crippen LogP contribution >= 0.6 is 0 Å². The minimum atomic E-state index is -0.309. The van der Waals surface area contributed by atoms with Crippen LogP contribution in [0.4, 0.5) is 0 Å². The fourth-order valence-electron chi connectivity index (χ4n) is 3.26. The summed E-state index contributed by atoms with van der Waals surface area (Å²) in [5, 5.41) is 0. The van der Waals surface area contributed by atoms with Gasteiger partial charge in [0.15, 0.2) is 0 Å². The Labute approximate surface area is 125 Å². The lowest BCUT2D eigenvalue weighted by Crippen LogP contribution is -2.16. The van der Waals surface area contributed by atoms with Crippen LogP contribution < -0.4 is 0 Å². The Bertz CT molecular complexity index is 643. The fraction of sp³-hybridized carbons (Fsp3) is 0.200. The van der Waals surface area contributed by atoms with Gasteiger partial charge in [0, 0.05) is 0 Å². The van der Waals surface area contributed by atoms with E-state index < -0.39 is 0 Å². The van der Waals surface area contributed by atoms with Crippen LogP contribution in [0.1, 0.15) is 24.0 Å². The van der Waals surface area contributed by atoms with Crippen molar-refractivity contribution in [1.29, 1.82) is 0 Å². The monoisotopic (exact) mass is 274 g/mol. The Morgan fingerprint density at radius 2 is 1.43 bits per heavy atom. The molecule has 1 nitrogen and oxygen atoms in total. The molecular weight excluding hydrogens is 256 g/mol. The highest BCUT2D eigenvalue weighted by Gasteiger charge is 2.60. The van der Waals surface area contributed by atoms with Crippen molar-refractivity contribution in [3.63, 3.8) is 0 Å². The molecule has 21 heavy (non-hydrogen) atoms. The van der Waals surface area contributed by atoms with Crippen molar-refractivity contribution in [2.75, 3.05) is 0 Å². The van der Waals surface area contributed by atoms with Gasteiger partial charge in [0.1, 0.15) is 11.7 Å². The average Bonchev–Trinajstić information content (AvgIpc) is 3.34. The minimum Gasteiger partial charge on any atom is -0.351 e. The molecule has 1 atom stereocenters. The lowest BCUT2D eigenvalue weighted by atomic mass is 9.84. The molecule has 1 heterocycles. The van der Waals surface area contributed by atoms with E-state index in [0.717, 1.165) is 12.8 Å². The zero-order valence-electron chi connectivity index (χ0n) is 11.9. The third kappa shape index (κ3) is 2.05. The highest BCUT2D eigenvalue weighted by molar-refractivity contribution is 5.49. The largest absolute Gasteiger partial charge is 0.351 e. The van der Waals surface area contributed by atoms with Crippen molar-refractivity contribution >= 4 is 0 Å². The summed E-state index contributed by atoms with van der Waals surface area (Å²) in [5.41, 5.74) is 3.48. The van der Waals surface area contributed by atoms with Crippen molar-refractivity contribution in [1.82, 2.24) is 0 Å². The molecule has 1 aliphatic heterocycles.